The number of hydrogen-bond acceptors (Lipinski definition) is 3. The molecule has 0 aromatic heterocycles. The van der Waals surface area contributed by atoms with Gasteiger partial charge in [-0.3, -0.25) is 0 Å². The summed E-state index contributed by atoms with van der Waals surface area (Å²) in [5, 5.41) is 3.52. The molecule has 0 fully saturated rings. The van der Waals surface area contributed by atoms with Crippen LogP contribution in [0.5, 0.6) is 5.75 Å². The lowest BCUT2D eigenvalue weighted by molar-refractivity contribution is 0.146. The molecular weight excluding hydrogens is 238 g/mol. The molecule has 0 aliphatic carbocycles. The van der Waals surface area contributed by atoms with Crippen molar-refractivity contribution >= 4 is 5.69 Å². The fourth-order valence-electron chi connectivity index (χ4n) is 1.86. The largest absolute Gasteiger partial charge is 0.491 e. The number of methoxy groups -OCH3 is 1. The van der Waals surface area contributed by atoms with Crippen molar-refractivity contribution in [2.24, 2.45) is 5.92 Å². The van der Waals surface area contributed by atoms with Crippen LogP contribution in [-0.4, -0.2) is 26.4 Å². The van der Waals surface area contributed by atoms with Gasteiger partial charge in [-0.1, -0.05) is 19.9 Å². The van der Waals surface area contributed by atoms with Crippen LogP contribution in [0.1, 0.15) is 33.6 Å². The SMILES string of the molecule is COCCOc1cccc(NC(C)CCC(C)C)c1. The first-order valence-corrected chi connectivity index (χ1v) is 7.10. The molecule has 0 aliphatic rings. The average Bonchev–Trinajstić information content (AvgIpc) is 2.37. The van der Waals surface area contributed by atoms with Gasteiger partial charge in [0.2, 0.25) is 0 Å². The first kappa shape index (κ1) is 15.8. The summed E-state index contributed by atoms with van der Waals surface area (Å²) < 4.78 is 10.6. The number of nitrogens with one attached hydrogen (secondary N) is 1. The molecular formula is C16H27NO2. The molecule has 0 bridgehead atoms. The van der Waals surface area contributed by atoms with Gasteiger partial charge in [0.15, 0.2) is 0 Å². The van der Waals surface area contributed by atoms with Crippen molar-refractivity contribution in [2.45, 2.75) is 39.7 Å². The van der Waals surface area contributed by atoms with Gasteiger partial charge in [-0.05, 0) is 37.8 Å². The number of anilines is 1. The zero-order chi connectivity index (χ0) is 14.1. The molecule has 1 rings (SSSR count). The number of hydrogen-bond donors (Lipinski definition) is 1. The van der Waals surface area contributed by atoms with Gasteiger partial charge in [0.05, 0.1) is 6.61 Å². The zero-order valence-corrected chi connectivity index (χ0v) is 12.6. The van der Waals surface area contributed by atoms with E-state index in [1.54, 1.807) is 7.11 Å². The van der Waals surface area contributed by atoms with Crippen LogP contribution in [0.15, 0.2) is 24.3 Å². The second kappa shape index (κ2) is 8.81. The van der Waals surface area contributed by atoms with Crippen molar-refractivity contribution in [3.63, 3.8) is 0 Å². The van der Waals surface area contributed by atoms with E-state index in [0.29, 0.717) is 19.3 Å². The maximum Gasteiger partial charge on any atom is 0.121 e. The molecule has 0 saturated carbocycles. The van der Waals surface area contributed by atoms with Gasteiger partial charge in [0.25, 0.3) is 0 Å². The summed E-state index contributed by atoms with van der Waals surface area (Å²) in [6.07, 6.45) is 2.44. The van der Waals surface area contributed by atoms with E-state index in [4.69, 9.17) is 9.47 Å². The van der Waals surface area contributed by atoms with Crippen molar-refractivity contribution < 1.29 is 9.47 Å². The highest BCUT2D eigenvalue weighted by molar-refractivity contribution is 5.48. The van der Waals surface area contributed by atoms with Crippen molar-refractivity contribution in [3.8, 4) is 5.75 Å². The third kappa shape index (κ3) is 7.06. The molecule has 1 aromatic carbocycles. The molecule has 0 spiro atoms. The fraction of sp³-hybridized carbons (Fsp3) is 0.625. The third-order valence-electron chi connectivity index (χ3n) is 2.98. The number of rotatable bonds is 9. The van der Waals surface area contributed by atoms with Gasteiger partial charge in [0, 0.05) is 24.9 Å². The van der Waals surface area contributed by atoms with Crippen molar-refractivity contribution in [1.82, 2.24) is 0 Å². The predicted octanol–water partition coefficient (Wildman–Crippen LogP) is 3.95. The smallest absolute Gasteiger partial charge is 0.121 e. The lowest BCUT2D eigenvalue weighted by atomic mass is 10.0. The molecule has 3 nitrogen and oxygen atoms in total. The Morgan fingerprint density at radius 2 is 1.89 bits per heavy atom. The summed E-state index contributed by atoms with van der Waals surface area (Å²) in [6.45, 7) is 7.94. The molecule has 1 N–H and O–H groups in total. The van der Waals surface area contributed by atoms with E-state index in [1.165, 1.54) is 12.8 Å². The molecule has 0 saturated heterocycles. The van der Waals surface area contributed by atoms with Crippen LogP contribution in [0, 0.1) is 5.92 Å². The maximum atomic E-state index is 5.60. The Labute approximate surface area is 117 Å². The van der Waals surface area contributed by atoms with Gasteiger partial charge in [-0.15, -0.1) is 0 Å². The molecule has 1 unspecified atom stereocenters. The van der Waals surface area contributed by atoms with Crippen LogP contribution in [-0.2, 0) is 4.74 Å². The highest BCUT2D eigenvalue weighted by atomic mass is 16.5. The first-order chi connectivity index (χ1) is 9.11. The highest BCUT2D eigenvalue weighted by Crippen LogP contribution is 2.19. The minimum Gasteiger partial charge on any atom is -0.491 e. The first-order valence-electron chi connectivity index (χ1n) is 7.10. The van der Waals surface area contributed by atoms with Crippen LogP contribution in [0.3, 0.4) is 0 Å². The Morgan fingerprint density at radius 3 is 2.58 bits per heavy atom. The number of ether oxygens (including phenoxy) is 2. The van der Waals surface area contributed by atoms with Crippen molar-refractivity contribution in [2.75, 3.05) is 25.6 Å². The summed E-state index contributed by atoms with van der Waals surface area (Å²) in [6, 6.07) is 8.59. The standard InChI is InChI=1S/C16H27NO2/c1-13(2)8-9-14(3)17-15-6-5-7-16(12-15)19-11-10-18-4/h5-7,12-14,17H,8-11H2,1-4H3. The molecule has 0 amide bonds. The summed E-state index contributed by atoms with van der Waals surface area (Å²) in [5.74, 6) is 1.64. The summed E-state index contributed by atoms with van der Waals surface area (Å²) in [7, 11) is 1.68. The Morgan fingerprint density at radius 1 is 1.11 bits per heavy atom. The van der Waals surface area contributed by atoms with Crippen LogP contribution in [0.25, 0.3) is 0 Å². The molecule has 19 heavy (non-hydrogen) atoms. The van der Waals surface area contributed by atoms with E-state index in [0.717, 1.165) is 17.4 Å². The minimum atomic E-state index is 0.483. The van der Waals surface area contributed by atoms with Crippen LogP contribution >= 0.6 is 0 Å². The van der Waals surface area contributed by atoms with Crippen LogP contribution in [0.2, 0.25) is 0 Å². The summed E-state index contributed by atoms with van der Waals surface area (Å²) >= 11 is 0. The van der Waals surface area contributed by atoms with Crippen LogP contribution in [0.4, 0.5) is 5.69 Å². The second-order valence-electron chi connectivity index (χ2n) is 5.39. The topological polar surface area (TPSA) is 30.5 Å². The Balaban J connectivity index is 2.42. The van der Waals surface area contributed by atoms with E-state index in [-0.39, 0.29) is 0 Å². The lowest BCUT2D eigenvalue weighted by Gasteiger charge is -2.17. The third-order valence-corrected chi connectivity index (χ3v) is 2.98. The monoisotopic (exact) mass is 265 g/mol. The maximum absolute atomic E-state index is 5.60. The van der Waals surface area contributed by atoms with Crippen LogP contribution < -0.4 is 10.1 Å². The molecule has 0 aliphatic heterocycles. The Kier molecular flexibility index (Phi) is 7.34. The molecule has 0 heterocycles. The summed E-state index contributed by atoms with van der Waals surface area (Å²) in [5.41, 5.74) is 1.12. The molecule has 0 radical (unpaired) electrons. The van der Waals surface area contributed by atoms with Gasteiger partial charge in [0.1, 0.15) is 12.4 Å². The second-order valence-corrected chi connectivity index (χ2v) is 5.39. The van der Waals surface area contributed by atoms with Crippen molar-refractivity contribution in [1.29, 1.82) is 0 Å². The van der Waals surface area contributed by atoms with E-state index >= 15 is 0 Å². The van der Waals surface area contributed by atoms with Gasteiger partial charge < -0.3 is 14.8 Å². The fourth-order valence-corrected chi connectivity index (χ4v) is 1.86. The number of benzene rings is 1. The Bertz CT molecular complexity index is 352. The van der Waals surface area contributed by atoms with E-state index in [9.17, 15) is 0 Å². The predicted molar refractivity (Wildman–Crippen MR) is 81.0 cm³/mol. The molecule has 3 heteroatoms. The van der Waals surface area contributed by atoms with Gasteiger partial charge in [-0.2, -0.15) is 0 Å². The van der Waals surface area contributed by atoms with Crippen molar-refractivity contribution in [3.05, 3.63) is 24.3 Å². The van der Waals surface area contributed by atoms with E-state index in [1.807, 2.05) is 18.2 Å². The molecule has 1 atom stereocenters. The lowest BCUT2D eigenvalue weighted by Crippen LogP contribution is -2.15. The zero-order valence-electron chi connectivity index (χ0n) is 12.6. The average molecular weight is 265 g/mol. The van der Waals surface area contributed by atoms with E-state index in [2.05, 4.69) is 32.2 Å². The van der Waals surface area contributed by atoms with E-state index < -0.39 is 0 Å². The normalized spacial score (nSPS) is 12.5. The van der Waals surface area contributed by atoms with Gasteiger partial charge >= 0.3 is 0 Å². The Hall–Kier alpha value is -1.22. The molecule has 1 aromatic rings. The summed E-state index contributed by atoms with van der Waals surface area (Å²) in [4.78, 5) is 0. The quantitative estimate of drug-likeness (QED) is 0.686. The minimum absolute atomic E-state index is 0.483. The van der Waals surface area contributed by atoms with Gasteiger partial charge in [-0.25, -0.2) is 0 Å². The highest BCUT2D eigenvalue weighted by Gasteiger charge is 2.04. The molecule has 108 valence electrons.